The molecule has 0 amide bonds. The maximum atomic E-state index is 9.19. The van der Waals surface area contributed by atoms with E-state index in [0.717, 1.165) is 0 Å². The zero-order valence-electron chi connectivity index (χ0n) is 5.71. The predicted octanol–water partition coefficient (Wildman–Crippen LogP) is 1.52. The largest absolute Gasteiger partial charge is 0.508 e. The molecule has 0 saturated heterocycles. The van der Waals surface area contributed by atoms with E-state index in [1.165, 1.54) is 6.07 Å². The third-order valence-corrected chi connectivity index (χ3v) is 1.55. The van der Waals surface area contributed by atoms with Crippen LogP contribution in [0.15, 0.2) is 18.2 Å². The van der Waals surface area contributed by atoms with Crippen molar-refractivity contribution in [2.75, 3.05) is 0 Å². The summed E-state index contributed by atoms with van der Waals surface area (Å²) >= 11 is 5.57. The van der Waals surface area contributed by atoms with E-state index in [1.54, 1.807) is 12.1 Å². The molecule has 1 aromatic carbocycles. The molecule has 0 atom stereocenters. The fraction of sp³-hybridized carbons (Fsp3) is 0.143. The molecule has 0 fully saturated rings. The van der Waals surface area contributed by atoms with Crippen molar-refractivity contribution in [3.63, 3.8) is 0 Å². The van der Waals surface area contributed by atoms with Gasteiger partial charge in [0.15, 0.2) is 0 Å². The number of phenolic OH excluding ortho intramolecular Hbond substituents is 1. The molecular formula is C7H8ClNO2. The number of nitrogens with one attached hydrogen (secondary N) is 1. The number of rotatable bonds is 2. The van der Waals surface area contributed by atoms with E-state index in [9.17, 15) is 5.11 Å². The summed E-state index contributed by atoms with van der Waals surface area (Å²) in [7, 11) is 0. The molecule has 0 aliphatic rings. The van der Waals surface area contributed by atoms with E-state index >= 15 is 0 Å². The molecule has 0 aliphatic heterocycles. The average molecular weight is 174 g/mol. The first-order valence-electron chi connectivity index (χ1n) is 3.08. The summed E-state index contributed by atoms with van der Waals surface area (Å²) in [6.07, 6.45) is 0. The van der Waals surface area contributed by atoms with Gasteiger partial charge in [0.25, 0.3) is 0 Å². The molecule has 0 saturated carbocycles. The van der Waals surface area contributed by atoms with Gasteiger partial charge in [0.05, 0.1) is 0 Å². The Hall–Kier alpha value is -0.770. The number of halogens is 1. The monoisotopic (exact) mass is 173 g/mol. The first kappa shape index (κ1) is 8.33. The molecule has 0 radical (unpaired) electrons. The van der Waals surface area contributed by atoms with Crippen LogP contribution >= 0.6 is 11.6 Å². The van der Waals surface area contributed by atoms with E-state index in [2.05, 4.69) is 0 Å². The second-order valence-electron chi connectivity index (χ2n) is 2.11. The van der Waals surface area contributed by atoms with Crippen molar-refractivity contribution in [2.45, 2.75) is 6.54 Å². The Morgan fingerprint density at radius 3 is 2.73 bits per heavy atom. The van der Waals surface area contributed by atoms with Gasteiger partial charge in [-0.15, -0.1) is 0 Å². The van der Waals surface area contributed by atoms with Gasteiger partial charge in [0.1, 0.15) is 5.75 Å². The third kappa shape index (κ3) is 2.08. The van der Waals surface area contributed by atoms with Gasteiger partial charge in [0.2, 0.25) is 0 Å². The highest BCUT2D eigenvalue weighted by Crippen LogP contribution is 2.21. The van der Waals surface area contributed by atoms with Gasteiger partial charge in [0, 0.05) is 17.1 Å². The Labute approximate surface area is 69.2 Å². The van der Waals surface area contributed by atoms with Crippen LogP contribution in [-0.2, 0) is 6.54 Å². The molecule has 3 N–H and O–H groups in total. The molecule has 0 spiro atoms. The summed E-state index contributed by atoms with van der Waals surface area (Å²) in [6, 6.07) is 4.71. The number of hydrogen-bond donors (Lipinski definition) is 3. The van der Waals surface area contributed by atoms with Crippen LogP contribution in [-0.4, -0.2) is 10.3 Å². The third-order valence-electron chi connectivity index (χ3n) is 1.32. The molecule has 1 rings (SSSR count). The number of hydrogen-bond acceptors (Lipinski definition) is 3. The lowest BCUT2D eigenvalue weighted by Crippen LogP contribution is -2.05. The molecule has 1 aromatic rings. The standard InChI is InChI=1S/C7H8ClNO2/c8-6-2-1-5(4-9-11)7(10)3-6/h1-3,9-11H,4H2. The first-order chi connectivity index (χ1) is 5.24. The molecule has 0 aromatic heterocycles. The highest BCUT2D eigenvalue weighted by atomic mass is 35.5. The molecule has 0 bridgehead atoms. The Morgan fingerprint density at radius 1 is 1.45 bits per heavy atom. The highest BCUT2D eigenvalue weighted by molar-refractivity contribution is 6.30. The van der Waals surface area contributed by atoms with Crippen molar-refractivity contribution in [3.05, 3.63) is 28.8 Å². The van der Waals surface area contributed by atoms with Crippen molar-refractivity contribution < 1.29 is 10.3 Å². The van der Waals surface area contributed by atoms with Gasteiger partial charge in [-0.05, 0) is 12.1 Å². The Morgan fingerprint density at radius 2 is 2.18 bits per heavy atom. The Kier molecular flexibility index (Phi) is 2.70. The van der Waals surface area contributed by atoms with E-state index in [-0.39, 0.29) is 12.3 Å². The Balaban J connectivity index is 2.90. The van der Waals surface area contributed by atoms with Gasteiger partial charge < -0.3 is 10.3 Å². The smallest absolute Gasteiger partial charge is 0.121 e. The lowest BCUT2D eigenvalue weighted by molar-refractivity contribution is 0.160. The number of phenols is 1. The molecule has 60 valence electrons. The fourth-order valence-corrected chi connectivity index (χ4v) is 0.938. The van der Waals surface area contributed by atoms with Crippen molar-refractivity contribution in [3.8, 4) is 5.75 Å². The van der Waals surface area contributed by atoms with Crippen molar-refractivity contribution in [1.29, 1.82) is 0 Å². The number of aromatic hydroxyl groups is 1. The molecular weight excluding hydrogens is 166 g/mol. The average Bonchev–Trinajstić information content (AvgIpc) is 1.95. The highest BCUT2D eigenvalue weighted by Gasteiger charge is 1.99. The van der Waals surface area contributed by atoms with Crippen LogP contribution in [0.4, 0.5) is 0 Å². The SMILES string of the molecule is ONCc1ccc(Cl)cc1O. The fourth-order valence-electron chi connectivity index (χ4n) is 0.772. The lowest BCUT2D eigenvalue weighted by Gasteiger charge is -2.01. The molecule has 4 heteroatoms. The van der Waals surface area contributed by atoms with Crippen molar-refractivity contribution in [1.82, 2.24) is 5.48 Å². The van der Waals surface area contributed by atoms with E-state index < -0.39 is 0 Å². The molecule has 0 heterocycles. The number of benzene rings is 1. The summed E-state index contributed by atoms with van der Waals surface area (Å²) in [6.45, 7) is 0.211. The zero-order valence-corrected chi connectivity index (χ0v) is 6.47. The second-order valence-corrected chi connectivity index (χ2v) is 2.54. The van der Waals surface area contributed by atoms with Crippen LogP contribution in [0, 0.1) is 0 Å². The minimum atomic E-state index is 0.0825. The van der Waals surface area contributed by atoms with Gasteiger partial charge in [-0.25, -0.2) is 5.48 Å². The van der Waals surface area contributed by atoms with Gasteiger partial charge in [-0.2, -0.15) is 0 Å². The minimum absolute atomic E-state index is 0.0825. The van der Waals surface area contributed by atoms with Crippen molar-refractivity contribution >= 4 is 11.6 Å². The van der Waals surface area contributed by atoms with E-state index in [0.29, 0.717) is 10.6 Å². The summed E-state index contributed by atoms with van der Waals surface area (Å²) in [5.41, 5.74) is 2.55. The molecule has 3 nitrogen and oxygen atoms in total. The van der Waals surface area contributed by atoms with Gasteiger partial charge >= 0.3 is 0 Å². The first-order valence-corrected chi connectivity index (χ1v) is 3.46. The van der Waals surface area contributed by atoms with Crippen LogP contribution in [0.1, 0.15) is 5.56 Å². The quantitative estimate of drug-likeness (QED) is 0.595. The summed E-state index contributed by atoms with van der Waals surface area (Å²) in [5, 5.41) is 18.0. The summed E-state index contributed by atoms with van der Waals surface area (Å²) in [4.78, 5) is 0. The zero-order chi connectivity index (χ0) is 8.27. The summed E-state index contributed by atoms with van der Waals surface area (Å²) in [5.74, 6) is 0.0825. The predicted molar refractivity (Wildman–Crippen MR) is 41.7 cm³/mol. The van der Waals surface area contributed by atoms with Crippen LogP contribution < -0.4 is 5.48 Å². The van der Waals surface area contributed by atoms with Crippen LogP contribution in [0.2, 0.25) is 5.02 Å². The topological polar surface area (TPSA) is 52.5 Å². The normalized spacial score (nSPS) is 10.0. The van der Waals surface area contributed by atoms with Crippen LogP contribution in [0.3, 0.4) is 0 Å². The second kappa shape index (κ2) is 3.57. The maximum Gasteiger partial charge on any atom is 0.121 e. The Bertz CT molecular complexity index is 252. The van der Waals surface area contributed by atoms with Crippen LogP contribution in [0.25, 0.3) is 0 Å². The van der Waals surface area contributed by atoms with Crippen molar-refractivity contribution in [2.24, 2.45) is 0 Å². The van der Waals surface area contributed by atoms with E-state index in [4.69, 9.17) is 16.8 Å². The summed E-state index contributed by atoms with van der Waals surface area (Å²) < 4.78 is 0. The molecule has 0 unspecified atom stereocenters. The van der Waals surface area contributed by atoms with Gasteiger partial charge in [-0.1, -0.05) is 17.7 Å². The minimum Gasteiger partial charge on any atom is -0.508 e. The molecule has 11 heavy (non-hydrogen) atoms. The van der Waals surface area contributed by atoms with Gasteiger partial charge in [-0.3, -0.25) is 0 Å². The molecule has 0 aliphatic carbocycles. The lowest BCUT2D eigenvalue weighted by atomic mass is 10.2. The van der Waals surface area contributed by atoms with Crippen LogP contribution in [0.5, 0.6) is 5.75 Å². The van der Waals surface area contributed by atoms with E-state index in [1.807, 2.05) is 5.48 Å². The maximum absolute atomic E-state index is 9.19. The number of hydroxylamine groups is 1.